The Morgan fingerprint density at radius 2 is 2.14 bits per heavy atom. The minimum atomic E-state index is -0.623. The molecule has 0 aromatic heterocycles. The predicted octanol–water partition coefficient (Wildman–Crippen LogP) is 1.61. The summed E-state index contributed by atoms with van der Waals surface area (Å²) in [6.07, 6.45) is 0. The Hall–Kier alpha value is -1.53. The van der Waals surface area contributed by atoms with Crippen molar-refractivity contribution in [2.75, 3.05) is 5.88 Å². The quantitative estimate of drug-likeness (QED) is 0.768. The van der Waals surface area contributed by atoms with E-state index in [0.29, 0.717) is 0 Å². The SMILES string of the molecule is N#C[C@H](NC(=O)CCl)c1ccccc1. The summed E-state index contributed by atoms with van der Waals surface area (Å²) in [5, 5.41) is 11.3. The van der Waals surface area contributed by atoms with E-state index in [2.05, 4.69) is 5.32 Å². The summed E-state index contributed by atoms with van der Waals surface area (Å²) >= 11 is 5.32. The maximum atomic E-state index is 11.0. The highest BCUT2D eigenvalue weighted by Crippen LogP contribution is 2.10. The van der Waals surface area contributed by atoms with E-state index in [-0.39, 0.29) is 11.8 Å². The van der Waals surface area contributed by atoms with Crippen molar-refractivity contribution in [3.8, 4) is 6.07 Å². The highest BCUT2D eigenvalue weighted by Gasteiger charge is 2.11. The second kappa shape index (κ2) is 5.25. The van der Waals surface area contributed by atoms with Crippen LogP contribution in [0.3, 0.4) is 0 Å². The van der Waals surface area contributed by atoms with E-state index >= 15 is 0 Å². The van der Waals surface area contributed by atoms with Gasteiger partial charge < -0.3 is 5.32 Å². The van der Waals surface area contributed by atoms with Crippen LogP contribution in [0.5, 0.6) is 0 Å². The van der Waals surface area contributed by atoms with Crippen molar-refractivity contribution < 1.29 is 4.79 Å². The van der Waals surface area contributed by atoms with Gasteiger partial charge in [-0.15, -0.1) is 11.6 Å². The van der Waals surface area contributed by atoms with E-state index in [1.165, 1.54) is 0 Å². The van der Waals surface area contributed by atoms with Gasteiger partial charge >= 0.3 is 0 Å². The van der Waals surface area contributed by atoms with Gasteiger partial charge in [-0.3, -0.25) is 4.79 Å². The van der Waals surface area contributed by atoms with Gasteiger partial charge in [-0.1, -0.05) is 30.3 Å². The lowest BCUT2D eigenvalue weighted by atomic mass is 10.1. The molecule has 14 heavy (non-hydrogen) atoms. The third-order valence-electron chi connectivity index (χ3n) is 1.69. The Morgan fingerprint density at radius 1 is 1.50 bits per heavy atom. The number of nitrogens with zero attached hydrogens (tertiary/aromatic N) is 1. The largest absolute Gasteiger partial charge is 0.336 e. The van der Waals surface area contributed by atoms with Gasteiger partial charge in [0.1, 0.15) is 11.9 Å². The van der Waals surface area contributed by atoms with Crippen LogP contribution in [0, 0.1) is 11.3 Å². The van der Waals surface area contributed by atoms with Crippen LogP contribution in [0.15, 0.2) is 30.3 Å². The maximum absolute atomic E-state index is 11.0. The first-order chi connectivity index (χ1) is 6.77. The third-order valence-corrected chi connectivity index (χ3v) is 1.93. The first kappa shape index (κ1) is 10.6. The summed E-state index contributed by atoms with van der Waals surface area (Å²) in [5.41, 5.74) is 0.758. The zero-order chi connectivity index (χ0) is 10.4. The van der Waals surface area contributed by atoms with E-state index in [0.717, 1.165) is 5.56 Å². The molecule has 1 amide bonds. The van der Waals surface area contributed by atoms with Gasteiger partial charge in [0.2, 0.25) is 5.91 Å². The van der Waals surface area contributed by atoms with Gasteiger partial charge in [0.25, 0.3) is 0 Å². The fraction of sp³-hybridized carbons (Fsp3) is 0.200. The van der Waals surface area contributed by atoms with Crippen molar-refractivity contribution in [3.05, 3.63) is 35.9 Å². The smallest absolute Gasteiger partial charge is 0.236 e. The number of hydrogen-bond acceptors (Lipinski definition) is 2. The molecule has 0 radical (unpaired) electrons. The van der Waals surface area contributed by atoms with Crippen molar-refractivity contribution >= 4 is 17.5 Å². The molecule has 0 aliphatic heterocycles. The highest BCUT2D eigenvalue weighted by atomic mass is 35.5. The Bertz CT molecular complexity index is 345. The second-order valence-corrected chi connectivity index (χ2v) is 2.94. The van der Waals surface area contributed by atoms with E-state index in [1.54, 1.807) is 12.1 Å². The molecule has 0 heterocycles. The van der Waals surface area contributed by atoms with Crippen LogP contribution in [0.25, 0.3) is 0 Å². The molecule has 1 rings (SSSR count). The molecule has 0 fully saturated rings. The molecule has 1 N–H and O–H groups in total. The Morgan fingerprint density at radius 3 is 2.64 bits per heavy atom. The van der Waals surface area contributed by atoms with Crippen LogP contribution in [0.2, 0.25) is 0 Å². The van der Waals surface area contributed by atoms with E-state index < -0.39 is 6.04 Å². The number of nitriles is 1. The van der Waals surface area contributed by atoms with Crippen LogP contribution < -0.4 is 5.32 Å². The van der Waals surface area contributed by atoms with Crippen LogP contribution >= 0.6 is 11.6 Å². The number of carbonyl (C=O) groups excluding carboxylic acids is 1. The number of alkyl halides is 1. The molecule has 3 nitrogen and oxygen atoms in total. The number of nitrogens with one attached hydrogen (secondary N) is 1. The molecule has 0 unspecified atom stereocenters. The van der Waals surface area contributed by atoms with E-state index in [4.69, 9.17) is 16.9 Å². The lowest BCUT2D eigenvalue weighted by Gasteiger charge is -2.09. The van der Waals surface area contributed by atoms with Crippen molar-refractivity contribution in [3.63, 3.8) is 0 Å². The minimum Gasteiger partial charge on any atom is -0.336 e. The van der Waals surface area contributed by atoms with Crippen LogP contribution in [-0.4, -0.2) is 11.8 Å². The summed E-state index contributed by atoms with van der Waals surface area (Å²) in [6.45, 7) is 0. The van der Waals surface area contributed by atoms with Crippen molar-refractivity contribution in [2.45, 2.75) is 6.04 Å². The monoisotopic (exact) mass is 208 g/mol. The van der Waals surface area contributed by atoms with Crippen molar-refractivity contribution in [2.24, 2.45) is 0 Å². The van der Waals surface area contributed by atoms with Gasteiger partial charge in [0.05, 0.1) is 6.07 Å². The lowest BCUT2D eigenvalue weighted by Crippen LogP contribution is -2.28. The van der Waals surface area contributed by atoms with E-state index in [9.17, 15) is 4.79 Å². The average Bonchev–Trinajstić information content (AvgIpc) is 2.26. The van der Waals surface area contributed by atoms with E-state index in [1.807, 2.05) is 24.3 Å². The number of hydrogen-bond donors (Lipinski definition) is 1. The zero-order valence-corrected chi connectivity index (χ0v) is 8.16. The number of benzene rings is 1. The molecule has 0 aliphatic carbocycles. The molecule has 1 aromatic carbocycles. The van der Waals surface area contributed by atoms with Gasteiger partial charge in [0.15, 0.2) is 0 Å². The van der Waals surface area contributed by atoms with Crippen LogP contribution in [0.4, 0.5) is 0 Å². The minimum absolute atomic E-state index is 0.134. The molecule has 0 spiro atoms. The summed E-state index contributed by atoms with van der Waals surface area (Å²) in [4.78, 5) is 11.0. The van der Waals surface area contributed by atoms with Crippen LogP contribution in [-0.2, 0) is 4.79 Å². The Kier molecular flexibility index (Phi) is 3.96. The van der Waals surface area contributed by atoms with Crippen molar-refractivity contribution in [1.82, 2.24) is 5.32 Å². The molecule has 1 atom stereocenters. The summed E-state index contributed by atoms with van der Waals surface area (Å²) < 4.78 is 0. The number of amides is 1. The zero-order valence-electron chi connectivity index (χ0n) is 7.40. The number of carbonyl (C=O) groups is 1. The number of halogens is 1. The fourth-order valence-corrected chi connectivity index (χ4v) is 1.11. The molecule has 4 heteroatoms. The fourth-order valence-electron chi connectivity index (χ4n) is 1.04. The number of rotatable bonds is 3. The normalized spacial score (nSPS) is 11.4. The van der Waals surface area contributed by atoms with Gasteiger partial charge in [-0.05, 0) is 5.56 Å². The maximum Gasteiger partial charge on any atom is 0.236 e. The Balaban J connectivity index is 2.74. The van der Waals surface area contributed by atoms with Crippen LogP contribution in [0.1, 0.15) is 11.6 Å². The second-order valence-electron chi connectivity index (χ2n) is 2.67. The third kappa shape index (κ3) is 2.75. The van der Waals surface area contributed by atoms with Crippen molar-refractivity contribution in [1.29, 1.82) is 5.26 Å². The Labute approximate surface area is 87.3 Å². The summed E-state index contributed by atoms with van der Waals surface area (Å²) in [5.74, 6) is -0.479. The van der Waals surface area contributed by atoms with Gasteiger partial charge in [-0.25, -0.2) is 0 Å². The molecular weight excluding hydrogens is 200 g/mol. The molecule has 0 bridgehead atoms. The molecule has 0 aliphatic rings. The predicted molar refractivity (Wildman–Crippen MR) is 53.7 cm³/mol. The average molecular weight is 209 g/mol. The molecule has 72 valence electrons. The standard InChI is InChI=1S/C10H9ClN2O/c11-6-10(14)13-9(7-12)8-4-2-1-3-5-8/h1-5,9H,6H2,(H,13,14)/t9-/m0/s1. The first-order valence-electron chi connectivity index (χ1n) is 4.08. The summed E-state index contributed by atoms with van der Waals surface area (Å²) in [7, 11) is 0. The molecular formula is C10H9ClN2O. The molecule has 0 saturated carbocycles. The summed E-state index contributed by atoms with van der Waals surface area (Å²) in [6, 6.07) is 10.4. The van der Waals surface area contributed by atoms with Gasteiger partial charge in [0, 0.05) is 0 Å². The lowest BCUT2D eigenvalue weighted by molar-refractivity contribution is -0.119. The first-order valence-corrected chi connectivity index (χ1v) is 4.61. The molecule has 0 saturated heterocycles. The van der Waals surface area contributed by atoms with Gasteiger partial charge in [-0.2, -0.15) is 5.26 Å². The highest BCUT2D eigenvalue weighted by molar-refractivity contribution is 6.27. The topological polar surface area (TPSA) is 52.9 Å². The molecule has 1 aromatic rings.